The van der Waals surface area contributed by atoms with Gasteiger partial charge in [0.05, 0.1) is 6.20 Å². The lowest BCUT2D eigenvalue weighted by molar-refractivity contribution is 0.305. The maximum Gasteiger partial charge on any atom is 0.220 e. The third kappa shape index (κ3) is 2.75. The molecule has 4 N–H and O–H groups in total. The van der Waals surface area contributed by atoms with Gasteiger partial charge >= 0.3 is 0 Å². The lowest BCUT2D eigenvalue weighted by Gasteiger charge is -2.45. The average molecular weight is 337 g/mol. The highest BCUT2D eigenvalue weighted by Crippen LogP contribution is 2.39. The van der Waals surface area contributed by atoms with Crippen molar-refractivity contribution in [2.45, 2.75) is 37.8 Å². The summed E-state index contributed by atoms with van der Waals surface area (Å²) in [6, 6.07) is 8.30. The van der Waals surface area contributed by atoms with Crippen molar-refractivity contribution >= 4 is 17.6 Å². The van der Waals surface area contributed by atoms with E-state index in [-0.39, 0.29) is 5.96 Å². The van der Waals surface area contributed by atoms with E-state index in [4.69, 9.17) is 16.5 Å². The fraction of sp³-hybridized carbons (Fsp3) is 0.389. The van der Waals surface area contributed by atoms with Gasteiger partial charge in [0.1, 0.15) is 5.66 Å². The summed E-state index contributed by atoms with van der Waals surface area (Å²) in [6.45, 7) is 0. The third-order valence-electron chi connectivity index (χ3n) is 5.02. The molecule has 0 radical (unpaired) electrons. The number of guanidine groups is 2. The molecule has 1 aliphatic carbocycles. The van der Waals surface area contributed by atoms with Gasteiger partial charge in [0.25, 0.3) is 0 Å². The van der Waals surface area contributed by atoms with Gasteiger partial charge in [-0.1, -0.05) is 18.6 Å². The summed E-state index contributed by atoms with van der Waals surface area (Å²) in [4.78, 5) is 11.0. The van der Waals surface area contributed by atoms with Crippen LogP contribution in [0.3, 0.4) is 0 Å². The van der Waals surface area contributed by atoms with Crippen LogP contribution in [0.25, 0.3) is 11.1 Å². The van der Waals surface area contributed by atoms with E-state index < -0.39 is 5.66 Å². The molecule has 2 heterocycles. The van der Waals surface area contributed by atoms with Crippen molar-refractivity contribution in [2.75, 3.05) is 4.90 Å². The summed E-state index contributed by atoms with van der Waals surface area (Å²) in [6.07, 6.45) is 9.20. The summed E-state index contributed by atoms with van der Waals surface area (Å²) in [5.41, 5.74) is 15.0. The Morgan fingerprint density at radius 1 is 1.00 bits per heavy atom. The fourth-order valence-corrected chi connectivity index (χ4v) is 3.87. The standard InChI is InChI=1S/C18H23N7/c1-24-12-14(11-21-24)13-5-7-15(8-6-13)25-17(20)22-16(19)23-18(25)9-3-2-4-10-18/h5-8,11-12H,2-4,9-10H2,1H3,(H4,19,20,22,23). The van der Waals surface area contributed by atoms with Gasteiger partial charge < -0.3 is 11.5 Å². The second-order valence-corrected chi connectivity index (χ2v) is 6.77. The molecule has 7 heteroatoms. The van der Waals surface area contributed by atoms with Gasteiger partial charge in [-0.05, 0) is 43.4 Å². The number of nitrogens with two attached hydrogens (primary N) is 2. The molecule has 0 unspecified atom stereocenters. The Kier molecular flexibility index (Phi) is 3.71. The van der Waals surface area contributed by atoms with Crippen LogP contribution in [0.15, 0.2) is 46.6 Å². The second kappa shape index (κ2) is 5.91. The van der Waals surface area contributed by atoms with Crippen molar-refractivity contribution in [3.63, 3.8) is 0 Å². The molecule has 0 saturated heterocycles. The van der Waals surface area contributed by atoms with Crippen molar-refractivity contribution < 1.29 is 0 Å². The lowest BCUT2D eigenvalue weighted by atomic mass is 9.87. The van der Waals surface area contributed by atoms with Gasteiger partial charge in [-0.2, -0.15) is 10.1 Å². The van der Waals surface area contributed by atoms with Crippen molar-refractivity contribution in [3.8, 4) is 11.1 Å². The quantitative estimate of drug-likeness (QED) is 0.877. The number of benzene rings is 1. The van der Waals surface area contributed by atoms with Crippen LogP contribution in [0.2, 0.25) is 0 Å². The van der Waals surface area contributed by atoms with E-state index in [1.54, 1.807) is 4.68 Å². The van der Waals surface area contributed by atoms with E-state index in [1.165, 1.54) is 6.42 Å². The molecule has 1 aromatic carbocycles. The predicted octanol–water partition coefficient (Wildman–Crippen LogP) is 2.20. The molecule has 1 spiro atoms. The van der Waals surface area contributed by atoms with Gasteiger partial charge in [0, 0.05) is 24.5 Å². The number of aliphatic imine (C=N–C) groups is 2. The largest absolute Gasteiger partial charge is 0.369 e. The van der Waals surface area contributed by atoms with Crippen LogP contribution >= 0.6 is 0 Å². The summed E-state index contributed by atoms with van der Waals surface area (Å²) >= 11 is 0. The summed E-state index contributed by atoms with van der Waals surface area (Å²) in [7, 11) is 1.91. The number of hydrogen-bond donors (Lipinski definition) is 2. The summed E-state index contributed by atoms with van der Waals surface area (Å²) in [5.74, 6) is 0.700. The minimum atomic E-state index is -0.399. The van der Waals surface area contributed by atoms with Crippen molar-refractivity contribution in [1.29, 1.82) is 0 Å². The molecule has 2 aliphatic rings. The normalized spacial score (nSPS) is 19.6. The van der Waals surface area contributed by atoms with E-state index in [1.807, 2.05) is 19.4 Å². The van der Waals surface area contributed by atoms with E-state index in [0.717, 1.165) is 42.5 Å². The molecule has 1 saturated carbocycles. The lowest BCUT2D eigenvalue weighted by Crippen LogP contribution is -2.58. The Hall–Kier alpha value is -2.83. The van der Waals surface area contributed by atoms with E-state index in [2.05, 4.69) is 39.3 Å². The monoisotopic (exact) mass is 337 g/mol. The van der Waals surface area contributed by atoms with E-state index >= 15 is 0 Å². The average Bonchev–Trinajstić information content (AvgIpc) is 3.02. The first-order chi connectivity index (χ1) is 12.1. The Morgan fingerprint density at radius 2 is 1.72 bits per heavy atom. The van der Waals surface area contributed by atoms with Gasteiger partial charge in [0.15, 0.2) is 0 Å². The Balaban J connectivity index is 1.70. The zero-order chi connectivity index (χ0) is 17.4. The molecule has 1 fully saturated rings. The summed E-state index contributed by atoms with van der Waals surface area (Å²) in [5, 5.41) is 4.23. The van der Waals surface area contributed by atoms with Crippen molar-refractivity contribution in [2.24, 2.45) is 28.5 Å². The second-order valence-electron chi connectivity index (χ2n) is 6.77. The van der Waals surface area contributed by atoms with Crippen LogP contribution in [0, 0.1) is 0 Å². The van der Waals surface area contributed by atoms with E-state index in [9.17, 15) is 0 Å². The Labute approximate surface area is 147 Å². The summed E-state index contributed by atoms with van der Waals surface area (Å²) < 4.78 is 1.80. The highest BCUT2D eigenvalue weighted by atomic mass is 15.4. The van der Waals surface area contributed by atoms with Crippen LogP contribution < -0.4 is 16.4 Å². The van der Waals surface area contributed by atoms with Gasteiger partial charge in [-0.25, -0.2) is 4.99 Å². The molecule has 0 amide bonds. The first kappa shape index (κ1) is 15.7. The van der Waals surface area contributed by atoms with Crippen LogP contribution in [0.4, 0.5) is 5.69 Å². The molecule has 25 heavy (non-hydrogen) atoms. The molecular weight excluding hydrogens is 314 g/mol. The molecule has 130 valence electrons. The Bertz CT molecular complexity index is 825. The molecular formula is C18H23N7. The SMILES string of the molecule is Cn1cc(-c2ccc(N3C(N)=NC(N)=NC34CCCCC4)cc2)cn1. The molecule has 1 aromatic heterocycles. The van der Waals surface area contributed by atoms with Gasteiger partial charge in [0.2, 0.25) is 11.9 Å². The van der Waals surface area contributed by atoms with Gasteiger partial charge in [-0.3, -0.25) is 9.58 Å². The molecule has 0 bridgehead atoms. The molecule has 4 rings (SSSR count). The number of nitrogens with zero attached hydrogens (tertiary/aromatic N) is 5. The highest BCUT2D eigenvalue weighted by Gasteiger charge is 2.42. The van der Waals surface area contributed by atoms with Crippen molar-refractivity contribution in [1.82, 2.24) is 9.78 Å². The van der Waals surface area contributed by atoms with E-state index in [0.29, 0.717) is 5.96 Å². The molecule has 0 atom stereocenters. The van der Waals surface area contributed by atoms with Gasteiger partial charge in [-0.15, -0.1) is 0 Å². The van der Waals surface area contributed by atoms with Crippen LogP contribution in [-0.2, 0) is 7.05 Å². The molecule has 7 nitrogen and oxygen atoms in total. The zero-order valence-electron chi connectivity index (χ0n) is 14.4. The zero-order valence-corrected chi connectivity index (χ0v) is 14.4. The predicted molar refractivity (Wildman–Crippen MR) is 100 cm³/mol. The first-order valence-corrected chi connectivity index (χ1v) is 8.66. The number of hydrogen-bond acceptors (Lipinski definition) is 6. The van der Waals surface area contributed by atoms with Crippen LogP contribution in [0.5, 0.6) is 0 Å². The topological polar surface area (TPSA) is 97.8 Å². The van der Waals surface area contributed by atoms with Crippen molar-refractivity contribution in [3.05, 3.63) is 36.7 Å². The smallest absolute Gasteiger partial charge is 0.220 e. The molecule has 1 aliphatic heterocycles. The minimum absolute atomic E-state index is 0.280. The first-order valence-electron chi connectivity index (χ1n) is 8.66. The highest BCUT2D eigenvalue weighted by molar-refractivity contribution is 6.05. The number of aryl methyl sites for hydroxylation is 1. The Morgan fingerprint density at radius 3 is 2.36 bits per heavy atom. The van der Waals surface area contributed by atoms with Crippen LogP contribution in [0.1, 0.15) is 32.1 Å². The molecule has 2 aromatic rings. The minimum Gasteiger partial charge on any atom is -0.369 e. The maximum atomic E-state index is 6.26. The number of anilines is 1. The number of aromatic nitrogens is 2. The van der Waals surface area contributed by atoms with Crippen LogP contribution in [-0.4, -0.2) is 27.4 Å². The fourth-order valence-electron chi connectivity index (χ4n) is 3.87. The third-order valence-corrected chi connectivity index (χ3v) is 5.02. The maximum absolute atomic E-state index is 6.26. The number of rotatable bonds is 2.